The highest BCUT2D eigenvalue weighted by Crippen LogP contribution is 2.22. The highest BCUT2D eigenvalue weighted by molar-refractivity contribution is 6.09. The third-order valence-corrected chi connectivity index (χ3v) is 3.76. The second-order valence-electron chi connectivity index (χ2n) is 5.34. The molecule has 0 saturated heterocycles. The number of ketones is 1. The van der Waals surface area contributed by atoms with E-state index in [2.05, 4.69) is 11.7 Å². The quantitative estimate of drug-likeness (QED) is 0.598. The largest absolute Gasteiger partial charge is 0.469 e. The maximum absolute atomic E-state index is 12.5. The molecule has 114 valence electrons. The van der Waals surface area contributed by atoms with Gasteiger partial charge in [0.1, 0.15) is 0 Å². The molecular formula is C19H20O3. The van der Waals surface area contributed by atoms with Crippen molar-refractivity contribution < 1.29 is 14.3 Å². The monoisotopic (exact) mass is 296 g/mol. The van der Waals surface area contributed by atoms with Gasteiger partial charge in [-0.15, -0.1) is 0 Å². The Morgan fingerprint density at radius 1 is 1.00 bits per heavy atom. The normalized spacial score (nSPS) is 11.7. The number of ether oxygens (including phenoxy) is 1. The fourth-order valence-electron chi connectivity index (χ4n) is 2.35. The summed E-state index contributed by atoms with van der Waals surface area (Å²) < 4.78 is 4.66. The molecule has 1 atom stereocenters. The van der Waals surface area contributed by atoms with Gasteiger partial charge in [-0.1, -0.05) is 55.5 Å². The molecule has 0 aliphatic carbocycles. The Balaban J connectivity index is 2.13. The van der Waals surface area contributed by atoms with Crippen LogP contribution in [0.2, 0.25) is 0 Å². The van der Waals surface area contributed by atoms with Gasteiger partial charge in [0.15, 0.2) is 5.78 Å². The zero-order valence-electron chi connectivity index (χ0n) is 12.9. The molecule has 3 nitrogen and oxygen atoms in total. The van der Waals surface area contributed by atoms with Gasteiger partial charge in [0.05, 0.1) is 7.11 Å². The standard InChI is InChI=1S/C19H20O3/c1-14(11-12-18(20)22-2)16-9-6-10-17(13-16)19(21)15-7-4-3-5-8-15/h3-10,13-14H,11-12H2,1-2H3. The van der Waals surface area contributed by atoms with E-state index in [0.717, 1.165) is 5.56 Å². The number of esters is 1. The summed E-state index contributed by atoms with van der Waals surface area (Å²) in [6.07, 6.45) is 1.09. The van der Waals surface area contributed by atoms with Crippen molar-refractivity contribution in [3.8, 4) is 0 Å². The highest BCUT2D eigenvalue weighted by Gasteiger charge is 2.13. The van der Waals surface area contributed by atoms with Crippen LogP contribution in [0, 0.1) is 0 Å². The predicted octanol–water partition coefficient (Wildman–Crippen LogP) is 3.97. The minimum Gasteiger partial charge on any atom is -0.469 e. The van der Waals surface area contributed by atoms with E-state index in [4.69, 9.17) is 0 Å². The van der Waals surface area contributed by atoms with Gasteiger partial charge in [-0.3, -0.25) is 9.59 Å². The van der Waals surface area contributed by atoms with Crippen LogP contribution in [0.15, 0.2) is 54.6 Å². The highest BCUT2D eigenvalue weighted by atomic mass is 16.5. The zero-order valence-corrected chi connectivity index (χ0v) is 12.9. The first-order chi connectivity index (χ1) is 10.6. The van der Waals surface area contributed by atoms with E-state index in [-0.39, 0.29) is 17.7 Å². The van der Waals surface area contributed by atoms with Crippen LogP contribution in [-0.2, 0) is 9.53 Å². The van der Waals surface area contributed by atoms with Crippen molar-refractivity contribution in [2.24, 2.45) is 0 Å². The summed E-state index contributed by atoms with van der Waals surface area (Å²) in [6, 6.07) is 16.9. The van der Waals surface area contributed by atoms with Crippen LogP contribution >= 0.6 is 0 Å². The second-order valence-corrected chi connectivity index (χ2v) is 5.34. The lowest BCUT2D eigenvalue weighted by Crippen LogP contribution is -2.05. The predicted molar refractivity (Wildman–Crippen MR) is 86.0 cm³/mol. The zero-order chi connectivity index (χ0) is 15.9. The van der Waals surface area contributed by atoms with Crippen LogP contribution in [0.1, 0.15) is 47.2 Å². The van der Waals surface area contributed by atoms with Crippen molar-refractivity contribution in [3.63, 3.8) is 0 Å². The van der Waals surface area contributed by atoms with E-state index in [9.17, 15) is 9.59 Å². The maximum atomic E-state index is 12.5. The Morgan fingerprint density at radius 3 is 2.36 bits per heavy atom. The molecule has 0 bridgehead atoms. The minimum atomic E-state index is -0.205. The Morgan fingerprint density at radius 2 is 1.68 bits per heavy atom. The van der Waals surface area contributed by atoms with Gasteiger partial charge >= 0.3 is 5.97 Å². The Labute approximate surface area is 130 Å². The van der Waals surface area contributed by atoms with E-state index in [1.54, 1.807) is 0 Å². The summed E-state index contributed by atoms with van der Waals surface area (Å²) in [5.41, 5.74) is 2.42. The number of hydrogen-bond donors (Lipinski definition) is 0. The maximum Gasteiger partial charge on any atom is 0.305 e. The fraction of sp³-hybridized carbons (Fsp3) is 0.263. The van der Waals surface area contributed by atoms with E-state index in [0.29, 0.717) is 24.0 Å². The lowest BCUT2D eigenvalue weighted by Gasteiger charge is -2.12. The van der Waals surface area contributed by atoms with Crippen LogP contribution in [0.4, 0.5) is 0 Å². The molecule has 0 aromatic heterocycles. The van der Waals surface area contributed by atoms with Crippen LogP contribution in [0.5, 0.6) is 0 Å². The second kappa shape index (κ2) is 7.55. The van der Waals surface area contributed by atoms with Crippen LogP contribution in [0.3, 0.4) is 0 Å². The first-order valence-corrected chi connectivity index (χ1v) is 7.38. The Kier molecular flexibility index (Phi) is 5.48. The molecule has 0 radical (unpaired) electrons. The summed E-state index contributed by atoms with van der Waals surface area (Å²) in [5.74, 6) is 0.00797. The molecule has 0 aliphatic heterocycles. The summed E-state index contributed by atoms with van der Waals surface area (Å²) in [4.78, 5) is 23.7. The van der Waals surface area contributed by atoms with Crippen molar-refractivity contribution in [1.82, 2.24) is 0 Å². The Hall–Kier alpha value is -2.42. The molecule has 3 heteroatoms. The summed E-state index contributed by atoms with van der Waals surface area (Å²) >= 11 is 0. The topological polar surface area (TPSA) is 43.4 Å². The van der Waals surface area contributed by atoms with E-state index in [1.807, 2.05) is 54.6 Å². The van der Waals surface area contributed by atoms with Crippen molar-refractivity contribution in [2.75, 3.05) is 7.11 Å². The summed E-state index contributed by atoms with van der Waals surface area (Å²) in [5, 5.41) is 0. The van der Waals surface area contributed by atoms with Gasteiger partial charge in [0, 0.05) is 17.5 Å². The van der Waals surface area contributed by atoms with Crippen molar-refractivity contribution in [3.05, 3.63) is 71.3 Å². The molecule has 0 spiro atoms. The van der Waals surface area contributed by atoms with E-state index in [1.165, 1.54) is 7.11 Å². The van der Waals surface area contributed by atoms with E-state index >= 15 is 0 Å². The molecule has 0 amide bonds. The summed E-state index contributed by atoms with van der Waals surface area (Å²) in [7, 11) is 1.39. The third kappa shape index (κ3) is 4.04. The molecule has 1 unspecified atom stereocenters. The number of carbonyl (C=O) groups excluding carboxylic acids is 2. The number of hydrogen-bond acceptors (Lipinski definition) is 3. The van der Waals surface area contributed by atoms with Crippen molar-refractivity contribution in [1.29, 1.82) is 0 Å². The molecule has 0 fully saturated rings. The first kappa shape index (κ1) is 16.0. The van der Waals surface area contributed by atoms with Gasteiger partial charge in [-0.05, 0) is 24.0 Å². The number of rotatable bonds is 6. The van der Waals surface area contributed by atoms with Crippen LogP contribution in [-0.4, -0.2) is 18.9 Å². The first-order valence-electron chi connectivity index (χ1n) is 7.38. The van der Waals surface area contributed by atoms with E-state index < -0.39 is 0 Å². The average Bonchev–Trinajstić information content (AvgIpc) is 2.59. The van der Waals surface area contributed by atoms with Crippen molar-refractivity contribution >= 4 is 11.8 Å². The van der Waals surface area contributed by atoms with Gasteiger partial charge in [-0.2, -0.15) is 0 Å². The minimum absolute atomic E-state index is 0.0163. The average molecular weight is 296 g/mol. The molecule has 2 aromatic carbocycles. The van der Waals surface area contributed by atoms with Gasteiger partial charge in [0.25, 0.3) is 0 Å². The van der Waals surface area contributed by atoms with Gasteiger partial charge < -0.3 is 4.74 Å². The van der Waals surface area contributed by atoms with Gasteiger partial charge in [0.2, 0.25) is 0 Å². The smallest absolute Gasteiger partial charge is 0.305 e. The SMILES string of the molecule is COC(=O)CCC(C)c1cccc(C(=O)c2ccccc2)c1. The molecule has 2 rings (SSSR count). The van der Waals surface area contributed by atoms with Crippen molar-refractivity contribution in [2.45, 2.75) is 25.7 Å². The Bertz CT molecular complexity index is 647. The molecule has 2 aromatic rings. The summed E-state index contributed by atoms with van der Waals surface area (Å²) in [6.45, 7) is 2.05. The third-order valence-electron chi connectivity index (χ3n) is 3.76. The molecule has 0 aliphatic rings. The lowest BCUT2D eigenvalue weighted by molar-refractivity contribution is -0.140. The number of methoxy groups -OCH3 is 1. The molecule has 0 heterocycles. The molecule has 0 saturated carbocycles. The van der Waals surface area contributed by atoms with Crippen LogP contribution < -0.4 is 0 Å². The molecule has 0 N–H and O–H groups in total. The fourth-order valence-corrected chi connectivity index (χ4v) is 2.35. The van der Waals surface area contributed by atoms with Crippen LogP contribution in [0.25, 0.3) is 0 Å². The lowest BCUT2D eigenvalue weighted by atomic mass is 9.93. The number of benzene rings is 2. The number of carbonyl (C=O) groups is 2. The van der Waals surface area contributed by atoms with Gasteiger partial charge in [-0.25, -0.2) is 0 Å². The molecular weight excluding hydrogens is 276 g/mol. The molecule has 22 heavy (non-hydrogen) atoms.